The van der Waals surface area contributed by atoms with Crippen molar-refractivity contribution in [3.8, 4) is 0 Å². The van der Waals surface area contributed by atoms with Crippen LogP contribution in [0.25, 0.3) is 0 Å². The van der Waals surface area contributed by atoms with E-state index >= 15 is 0 Å². The summed E-state index contributed by atoms with van der Waals surface area (Å²) in [6.45, 7) is 6.56. The van der Waals surface area contributed by atoms with Crippen LogP contribution in [0, 0.1) is 22.7 Å². The first-order valence-electron chi connectivity index (χ1n) is 4.64. The molecule has 12 heavy (non-hydrogen) atoms. The van der Waals surface area contributed by atoms with Crippen LogP contribution in [0.4, 0.5) is 0 Å². The highest BCUT2D eigenvalue weighted by molar-refractivity contribution is 5.74. The Kier molecular flexibility index (Phi) is 1.25. The van der Waals surface area contributed by atoms with Crippen molar-refractivity contribution in [3.05, 3.63) is 0 Å². The summed E-state index contributed by atoms with van der Waals surface area (Å²) in [5.41, 5.74) is 0.333. The first-order valence-corrected chi connectivity index (χ1v) is 4.64. The second kappa shape index (κ2) is 1.86. The summed E-state index contributed by atoms with van der Waals surface area (Å²) in [6, 6.07) is 0. The molecular weight excluding hydrogens is 152 g/mol. The largest absolute Gasteiger partial charge is 0.481 e. The summed E-state index contributed by atoms with van der Waals surface area (Å²) in [5, 5.41) is 9.01. The van der Waals surface area contributed by atoms with Crippen LogP contribution >= 0.6 is 0 Å². The van der Waals surface area contributed by atoms with Crippen LogP contribution in [0.15, 0.2) is 0 Å². The lowest BCUT2D eigenvalue weighted by molar-refractivity contribution is -0.177. The topological polar surface area (TPSA) is 37.3 Å². The fourth-order valence-corrected chi connectivity index (χ4v) is 3.49. The maximum absolute atomic E-state index is 10.9. The molecule has 3 rings (SSSR count). The molecule has 2 bridgehead atoms. The second-order valence-electron chi connectivity index (χ2n) is 5.10. The Morgan fingerprint density at radius 3 is 2.17 bits per heavy atom. The van der Waals surface area contributed by atoms with Crippen LogP contribution in [0.3, 0.4) is 0 Å². The van der Waals surface area contributed by atoms with Gasteiger partial charge >= 0.3 is 5.97 Å². The van der Waals surface area contributed by atoms with Crippen molar-refractivity contribution in [2.75, 3.05) is 0 Å². The number of aliphatic carboxylic acids is 1. The van der Waals surface area contributed by atoms with E-state index in [-0.39, 0.29) is 16.7 Å². The Bertz CT molecular complexity index is 244. The molecule has 0 aliphatic heterocycles. The fourth-order valence-electron chi connectivity index (χ4n) is 3.49. The summed E-state index contributed by atoms with van der Waals surface area (Å²) < 4.78 is 0. The molecular formula is C10H16O2. The Morgan fingerprint density at radius 1 is 1.42 bits per heavy atom. The molecule has 68 valence electrons. The molecule has 0 aromatic heterocycles. The molecule has 3 aliphatic rings. The van der Waals surface area contributed by atoms with Crippen molar-refractivity contribution in [3.63, 3.8) is 0 Å². The highest BCUT2D eigenvalue weighted by Gasteiger charge is 2.70. The van der Waals surface area contributed by atoms with Gasteiger partial charge in [0.15, 0.2) is 0 Å². The zero-order valence-electron chi connectivity index (χ0n) is 7.92. The molecule has 0 spiro atoms. The third-order valence-corrected chi connectivity index (χ3v) is 4.73. The Labute approximate surface area is 73.0 Å². The van der Waals surface area contributed by atoms with Crippen LogP contribution in [0.2, 0.25) is 0 Å². The van der Waals surface area contributed by atoms with Gasteiger partial charge in [0.1, 0.15) is 0 Å². The van der Waals surface area contributed by atoms with E-state index in [9.17, 15) is 4.79 Å². The third-order valence-electron chi connectivity index (χ3n) is 4.73. The second-order valence-corrected chi connectivity index (χ2v) is 5.10. The molecule has 3 atom stereocenters. The highest BCUT2D eigenvalue weighted by Crippen LogP contribution is 2.73. The summed E-state index contributed by atoms with van der Waals surface area (Å²) in [7, 11) is 0. The van der Waals surface area contributed by atoms with Crippen molar-refractivity contribution < 1.29 is 9.90 Å². The van der Waals surface area contributed by atoms with Crippen LogP contribution in [-0.4, -0.2) is 11.1 Å². The number of hydrogen-bond acceptors (Lipinski definition) is 1. The van der Waals surface area contributed by atoms with Gasteiger partial charge in [-0.1, -0.05) is 20.8 Å². The maximum Gasteiger partial charge on any atom is 0.307 e. The highest BCUT2D eigenvalue weighted by atomic mass is 16.4. The van der Waals surface area contributed by atoms with Gasteiger partial charge in [-0.05, 0) is 29.6 Å². The van der Waals surface area contributed by atoms with Gasteiger partial charge in [-0.15, -0.1) is 0 Å². The van der Waals surface area contributed by atoms with Gasteiger partial charge in [0.05, 0.1) is 5.92 Å². The number of carboxylic acid groups (broad SMARTS) is 1. The number of fused-ring (bicyclic) bond motifs is 1. The Balaban J connectivity index is 2.33. The van der Waals surface area contributed by atoms with Crippen molar-refractivity contribution >= 4 is 5.97 Å². The molecule has 0 saturated heterocycles. The number of carboxylic acids is 1. The molecule has 3 saturated carbocycles. The molecule has 2 nitrogen and oxygen atoms in total. The van der Waals surface area contributed by atoms with E-state index in [1.54, 1.807) is 0 Å². The fraction of sp³-hybridized carbons (Fsp3) is 0.900. The average molecular weight is 168 g/mol. The Hall–Kier alpha value is -0.530. The van der Waals surface area contributed by atoms with E-state index in [0.717, 1.165) is 12.8 Å². The molecule has 0 unspecified atom stereocenters. The standard InChI is InChI=1S/C10H16O2/c1-9(2)6-4-5-10(9,3)7(6)8(11)12/h6-7H,4-5H2,1-3H3,(H,11,12)/t6-,7+,10-/m0/s1. The molecule has 0 aromatic rings. The van der Waals surface area contributed by atoms with Crippen molar-refractivity contribution in [2.45, 2.75) is 33.6 Å². The Morgan fingerprint density at radius 2 is 2.00 bits per heavy atom. The van der Waals surface area contributed by atoms with Gasteiger partial charge in [0.25, 0.3) is 0 Å². The third kappa shape index (κ3) is 0.572. The molecule has 3 fully saturated rings. The van der Waals surface area contributed by atoms with Crippen LogP contribution in [-0.2, 0) is 4.79 Å². The molecule has 0 aromatic carbocycles. The summed E-state index contributed by atoms with van der Waals surface area (Å²) in [5.74, 6) is -0.216. The van der Waals surface area contributed by atoms with Gasteiger partial charge in [0, 0.05) is 0 Å². The molecule has 0 amide bonds. The van der Waals surface area contributed by atoms with Crippen LogP contribution in [0.1, 0.15) is 33.6 Å². The molecule has 1 N–H and O–H groups in total. The first kappa shape index (κ1) is 8.09. The van der Waals surface area contributed by atoms with Gasteiger partial charge in [-0.3, -0.25) is 4.79 Å². The van der Waals surface area contributed by atoms with Gasteiger partial charge < -0.3 is 5.11 Å². The lowest BCUT2D eigenvalue weighted by Gasteiger charge is -2.57. The number of carbonyl (C=O) groups is 1. The van der Waals surface area contributed by atoms with E-state index in [0.29, 0.717) is 5.92 Å². The van der Waals surface area contributed by atoms with Gasteiger partial charge in [0.2, 0.25) is 0 Å². The number of rotatable bonds is 1. The van der Waals surface area contributed by atoms with Crippen LogP contribution < -0.4 is 0 Å². The minimum Gasteiger partial charge on any atom is -0.481 e. The van der Waals surface area contributed by atoms with E-state index in [1.165, 1.54) is 0 Å². The predicted octanol–water partition coefficient (Wildman–Crippen LogP) is 2.14. The molecule has 0 radical (unpaired) electrons. The van der Waals surface area contributed by atoms with E-state index in [4.69, 9.17) is 5.11 Å². The van der Waals surface area contributed by atoms with Gasteiger partial charge in [-0.25, -0.2) is 0 Å². The zero-order valence-corrected chi connectivity index (χ0v) is 7.92. The minimum absolute atomic E-state index is 0.0625. The summed E-state index contributed by atoms with van der Waals surface area (Å²) >= 11 is 0. The zero-order chi connectivity index (χ0) is 9.15. The maximum atomic E-state index is 10.9. The van der Waals surface area contributed by atoms with E-state index in [1.807, 2.05) is 0 Å². The van der Waals surface area contributed by atoms with E-state index < -0.39 is 5.97 Å². The molecule has 2 heteroatoms. The summed E-state index contributed by atoms with van der Waals surface area (Å²) in [6.07, 6.45) is 2.21. The number of hydrogen-bond donors (Lipinski definition) is 1. The quantitative estimate of drug-likeness (QED) is 0.651. The van der Waals surface area contributed by atoms with E-state index in [2.05, 4.69) is 20.8 Å². The van der Waals surface area contributed by atoms with Crippen LogP contribution in [0.5, 0.6) is 0 Å². The van der Waals surface area contributed by atoms with Crippen molar-refractivity contribution in [1.82, 2.24) is 0 Å². The lowest BCUT2D eigenvalue weighted by atomic mass is 9.45. The average Bonchev–Trinajstić information content (AvgIpc) is 2.38. The minimum atomic E-state index is -0.584. The summed E-state index contributed by atoms with van der Waals surface area (Å²) in [4.78, 5) is 10.9. The van der Waals surface area contributed by atoms with Gasteiger partial charge in [-0.2, -0.15) is 0 Å². The monoisotopic (exact) mass is 168 g/mol. The van der Waals surface area contributed by atoms with Crippen molar-refractivity contribution in [2.24, 2.45) is 22.7 Å². The SMILES string of the molecule is CC1(C)[C@H]2CC[C@@]1(C)[C@H]2C(=O)O. The smallest absolute Gasteiger partial charge is 0.307 e. The predicted molar refractivity (Wildman–Crippen MR) is 45.7 cm³/mol. The molecule has 0 heterocycles. The lowest BCUT2D eigenvalue weighted by Crippen LogP contribution is -2.57. The normalized spacial score (nSPS) is 48.6. The molecule has 3 aliphatic carbocycles. The first-order chi connectivity index (χ1) is 5.41. The van der Waals surface area contributed by atoms with Crippen molar-refractivity contribution in [1.29, 1.82) is 0 Å².